The van der Waals surface area contributed by atoms with Crippen LogP contribution >= 0.6 is 12.2 Å². The molecule has 30 heavy (non-hydrogen) atoms. The summed E-state index contributed by atoms with van der Waals surface area (Å²) in [6.45, 7) is 3.26. The van der Waals surface area contributed by atoms with Crippen molar-refractivity contribution in [1.82, 2.24) is 15.2 Å². The molecule has 1 aliphatic rings. The first-order valence-electron chi connectivity index (χ1n) is 10.8. The summed E-state index contributed by atoms with van der Waals surface area (Å²) in [6.07, 6.45) is 5.96. The van der Waals surface area contributed by atoms with Crippen molar-refractivity contribution in [2.45, 2.75) is 58.2 Å². The van der Waals surface area contributed by atoms with E-state index in [1.54, 1.807) is 0 Å². The Balaban J connectivity index is 1.57. The summed E-state index contributed by atoms with van der Waals surface area (Å²) < 4.78 is 0. The van der Waals surface area contributed by atoms with Crippen molar-refractivity contribution in [2.75, 3.05) is 0 Å². The maximum atomic E-state index is 12.8. The fraction of sp³-hybridized carbons (Fsp3) is 0.360. The number of aromatic amines is 1. The first-order valence-corrected chi connectivity index (χ1v) is 11.2. The predicted octanol–water partition coefficient (Wildman–Crippen LogP) is 5.05. The predicted molar refractivity (Wildman–Crippen MR) is 128 cm³/mol. The van der Waals surface area contributed by atoms with E-state index >= 15 is 0 Å². The van der Waals surface area contributed by atoms with E-state index in [-0.39, 0.29) is 5.56 Å². The van der Waals surface area contributed by atoms with Gasteiger partial charge in [0.15, 0.2) is 5.11 Å². The Morgan fingerprint density at radius 3 is 2.63 bits per heavy atom. The highest BCUT2D eigenvalue weighted by molar-refractivity contribution is 7.80. The molecule has 1 fully saturated rings. The number of aryl methyl sites for hydroxylation is 1. The first kappa shape index (κ1) is 20.6. The van der Waals surface area contributed by atoms with E-state index in [0.717, 1.165) is 40.0 Å². The van der Waals surface area contributed by atoms with Crippen molar-refractivity contribution in [3.63, 3.8) is 0 Å². The topological polar surface area (TPSA) is 48.1 Å². The second-order valence-corrected chi connectivity index (χ2v) is 8.67. The number of rotatable bonds is 5. The van der Waals surface area contributed by atoms with Crippen LogP contribution in [-0.4, -0.2) is 21.0 Å². The van der Waals surface area contributed by atoms with E-state index < -0.39 is 0 Å². The number of nitrogens with one attached hydrogen (secondary N) is 2. The third-order valence-electron chi connectivity index (χ3n) is 5.98. The molecule has 0 amide bonds. The van der Waals surface area contributed by atoms with Gasteiger partial charge in [0.1, 0.15) is 0 Å². The fourth-order valence-corrected chi connectivity index (χ4v) is 4.58. The highest BCUT2D eigenvalue weighted by Gasteiger charge is 2.24. The van der Waals surface area contributed by atoms with Gasteiger partial charge in [-0.3, -0.25) is 4.79 Å². The van der Waals surface area contributed by atoms with Crippen LogP contribution in [0.5, 0.6) is 0 Å². The summed E-state index contributed by atoms with van der Waals surface area (Å²) in [7, 11) is 0. The average molecular weight is 420 g/mol. The van der Waals surface area contributed by atoms with Gasteiger partial charge in [-0.2, -0.15) is 0 Å². The summed E-state index contributed by atoms with van der Waals surface area (Å²) >= 11 is 5.81. The van der Waals surface area contributed by atoms with Crippen LogP contribution in [0.4, 0.5) is 0 Å². The van der Waals surface area contributed by atoms with E-state index in [9.17, 15) is 4.79 Å². The van der Waals surface area contributed by atoms with Gasteiger partial charge in [-0.05, 0) is 60.6 Å². The standard InChI is InChI=1S/C25H29N3OS/c1-18-12-13-20-15-21(24(29)27-23(20)14-18)17-28(22-10-6-3-7-11-22)25(30)26-16-19-8-4-2-5-9-19/h2,4-5,8-9,12-15,22H,3,6-7,10-11,16-17H2,1H3,(H,26,30)(H,27,29). The van der Waals surface area contributed by atoms with Gasteiger partial charge >= 0.3 is 0 Å². The summed E-state index contributed by atoms with van der Waals surface area (Å²) in [5, 5.41) is 5.21. The molecule has 1 heterocycles. The molecule has 1 saturated carbocycles. The third kappa shape index (κ3) is 4.90. The van der Waals surface area contributed by atoms with Crippen LogP contribution < -0.4 is 10.9 Å². The SMILES string of the molecule is Cc1ccc2cc(CN(C(=S)NCc3ccccc3)C3CCCCC3)c(=O)[nH]c2c1. The molecule has 0 saturated heterocycles. The summed E-state index contributed by atoms with van der Waals surface area (Å²) in [5.74, 6) is 0. The monoisotopic (exact) mass is 419 g/mol. The minimum absolute atomic E-state index is 0.0280. The Labute approximate surface area is 183 Å². The quantitative estimate of drug-likeness (QED) is 0.569. The zero-order valence-corrected chi connectivity index (χ0v) is 18.3. The van der Waals surface area contributed by atoms with Gasteiger partial charge in [0.2, 0.25) is 0 Å². The van der Waals surface area contributed by atoms with Crippen molar-refractivity contribution >= 4 is 28.2 Å². The summed E-state index contributed by atoms with van der Waals surface area (Å²) in [4.78, 5) is 18.1. The lowest BCUT2D eigenvalue weighted by Gasteiger charge is -2.36. The Morgan fingerprint density at radius 2 is 1.87 bits per heavy atom. The van der Waals surface area contributed by atoms with Crippen molar-refractivity contribution in [3.8, 4) is 0 Å². The minimum Gasteiger partial charge on any atom is -0.358 e. The molecule has 4 rings (SSSR count). The zero-order valence-electron chi connectivity index (χ0n) is 17.5. The molecule has 2 N–H and O–H groups in total. The molecule has 0 unspecified atom stereocenters. The second-order valence-electron chi connectivity index (χ2n) is 8.28. The van der Waals surface area contributed by atoms with Crippen molar-refractivity contribution < 1.29 is 0 Å². The van der Waals surface area contributed by atoms with E-state index in [2.05, 4.69) is 39.5 Å². The molecule has 0 radical (unpaired) electrons. The maximum Gasteiger partial charge on any atom is 0.253 e. The van der Waals surface area contributed by atoms with Crippen LogP contribution in [-0.2, 0) is 13.1 Å². The van der Waals surface area contributed by atoms with Crippen LogP contribution in [0.15, 0.2) is 59.4 Å². The third-order valence-corrected chi connectivity index (χ3v) is 6.36. The summed E-state index contributed by atoms with van der Waals surface area (Å²) in [5.41, 5.74) is 3.96. The van der Waals surface area contributed by atoms with Crippen LogP contribution in [0.2, 0.25) is 0 Å². The molecule has 0 bridgehead atoms. The zero-order chi connectivity index (χ0) is 20.9. The Hall–Kier alpha value is -2.66. The fourth-order valence-electron chi connectivity index (χ4n) is 4.30. The number of hydrogen-bond donors (Lipinski definition) is 2. The number of aromatic nitrogens is 1. The lowest BCUT2D eigenvalue weighted by molar-refractivity contribution is 0.234. The van der Waals surface area contributed by atoms with Crippen LogP contribution in [0.1, 0.15) is 48.8 Å². The first-order chi connectivity index (χ1) is 14.6. The number of H-pyrrole nitrogens is 1. The van der Waals surface area contributed by atoms with E-state index in [4.69, 9.17) is 12.2 Å². The largest absolute Gasteiger partial charge is 0.358 e. The molecule has 1 aliphatic carbocycles. The maximum absolute atomic E-state index is 12.8. The van der Waals surface area contributed by atoms with Crippen molar-refractivity contribution in [3.05, 3.63) is 81.6 Å². The molecular weight excluding hydrogens is 390 g/mol. The molecule has 3 aromatic rings. The molecule has 4 nitrogen and oxygen atoms in total. The van der Waals surface area contributed by atoms with Gasteiger partial charge < -0.3 is 15.2 Å². The number of nitrogens with zero attached hydrogens (tertiary/aromatic N) is 1. The average Bonchev–Trinajstić information content (AvgIpc) is 2.77. The molecule has 0 spiro atoms. The number of fused-ring (bicyclic) bond motifs is 1. The van der Waals surface area contributed by atoms with E-state index in [1.165, 1.54) is 24.8 Å². The van der Waals surface area contributed by atoms with Crippen LogP contribution in [0.25, 0.3) is 10.9 Å². The van der Waals surface area contributed by atoms with Gasteiger partial charge in [0.25, 0.3) is 5.56 Å². The van der Waals surface area contributed by atoms with Gasteiger partial charge in [-0.1, -0.05) is 61.7 Å². The van der Waals surface area contributed by atoms with E-state index in [1.807, 2.05) is 37.3 Å². The normalized spacial score (nSPS) is 14.6. The minimum atomic E-state index is -0.0280. The Morgan fingerprint density at radius 1 is 1.10 bits per heavy atom. The van der Waals surface area contributed by atoms with E-state index in [0.29, 0.717) is 19.1 Å². The highest BCUT2D eigenvalue weighted by Crippen LogP contribution is 2.24. The molecule has 5 heteroatoms. The number of hydrogen-bond acceptors (Lipinski definition) is 2. The van der Waals surface area contributed by atoms with Gasteiger partial charge in [-0.15, -0.1) is 0 Å². The second kappa shape index (κ2) is 9.43. The molecule has 2 aromatic carbocycles. The summed E-state index contributed by atoms with van der Waals surface area (Å²) in [6, 6.07) is 18.8. The lowest BCUT2D eigenvalue weighted by Crippen LogP contribution is -2.46. The molecule has 156 valence electrons. The van der Waals surface area contributed by atoms with Crippen LogP contribution in [0, 0.1) is 6.92 Å². The number of thiocarbonyl (C=S) groups is 1. The molecule has 1 aromatic heterocycles. The van der Waals surface area contributed by atoms with Gasteiger partial charge in [-0.25, -0.2) is 0 Å². The van der Waals surface area contributed by atoms with Gasteiger partial charge in [0.05, 0.1) is 6.54 Å². The molecule has 0 atom stereocenters. The van der Waals surface area contributed by atoms with Gasteiger partial charge in [0, 0.05) is 23.7 Å². The Bertz CT molecular complexity index is 1070. The molecule has 0 aliphatic heterocycles. The number of pyridine rings is 1. The molecular formula is C25H29N3OS. The Kier molecular flexibility index (Phi) is 6.48. The lowest BCUT2D eigenvalue weighted by atomic mass is 9.94. The highest BCUT2D eigenvalue weighted by atomic mass is 32.1. The smallest absolute Gasteiger partial charge is 0.253 e. The van der Waals surface area contributed by atoms with Crippen LogP contribution in [0.3, 0.4) is 0 Å². The number of benzene rings is 2. The van der Waals surface area contributed by atoms with Crippen molar-refractivity contribution in [2.24, 2.45) is 0 Å². The van der Waals surface area contributed by atoms with Crippen molar-refractivity contribution in [1.29, 1.82) is 0 Å².